The molecule has 2 atom stereocenters. The van der Waals surface area contributed by atoms with E-state index in [0.717, 1.165) is 24.0 Å². The van der Waals surface area contributed by atoms with E-state index in [-0.39, 0.29) is 0 Å². The van der Waals surface area contributed by atoms with Crippen molar-refractivity contribution in [3.63, 3.8) is 0 Å². The Bertz CT molecular complexity index is 377. The molecule has 0 bridgehead atoms. The molecule has 0 radical (unpaired) electrons. The Hall–Kier alpha value is -0.670. The third-order valence-corrected chi connectivity index (χ3v) is 5.22. The molecule has 1 aromatic carbocycles. The molecule has 1 aliphatic heterocycles. The van der Waals surface area contributed by atoms with Crippen molar-refractivity contribution in [1.82, 2.24) is 5.32 Å². The van der Waals surface area contributed by atoms with E-state index < -0.39 is 0 Å². The third kappa shape index (κ3) is 4.15. The molecule has 106 valence electrons. The van der Waals surface area contributed by atoms with E-state index in [9.17, 15) is 0 Å². The number of hydrogen-bond donors (Lipinski definition) is 1. The van der Waals surface area contributed by atoms with Gasteiger partial charge in [-0.2, -0.15) is 11.8 Å². The van der Waals surface area contributed by atoms with Crippen LogP contribution in [-0.4, -0.2) is 30.7 Å². The molecule has 0 amide bonds. The number of thioether (sulfide) groups is 1. The van der Waals surface area contributed by atoms with Crippen molar-refractivity contribution in [2.45, 2.75) is 43.9 Å². The van der Waals surface area contributed by atoms with Gasteiger partial charge in [0.15, 0.2) is 0 Å². The Morgan fingerprint density at radius 1 is 1.42 bits per heavy atom. The second-order valence-corrected chi connectivity index (χ2v) is 6.48. The average Bonchev–Trinajstić information content (AvgIpc) is 2.98. The molecule has 0 spiro atoms. The lowest BCUT2D eigenvalue weighted by Crippen LogP contribution is -2.39. The number of methoxy groups -OCH3 is 1. The van der Waals surface area contributed by atoms with Crippen LogP contribution in [0.2, 0.25) is 0 Å². The quantitative estimate of drug-likeness (QED) is 0.825. The third-order valence-electron chi connectivity index (χ3n) is 3.70. The summed E-state index contributed by atoms with van der Waals surface area (Å²) in [4.78, 5) is 0. The topological polar surface area (TPSA) is 21.3 Å². The van der Waals surface area contributed by atoms with E-state index in [1.807, 2.05) is 6.07 Å². The van der Waals surface area contributed by atoms with Gasteiger partial charge in [-0.05, 0) is 49.6 Å². The molecule has 3 heteroatoms. The fourth-order valence-corrected chi connectivity index (χ4v) is 4.09. The van der Waals surface area contributed by atoms with Crippen molar-refractivity contribution in [2.75, 3.05) is 19.4 Å². The number of nitrogens with one attached hydrogen (secondary N) is 1. The van der Waals surface area contributed by atoms with E-state index in [1.54, 1.807) is 7.11 Å². The summed E-state index contributed by atoms with van der Waals surface area (Å²) < 4.78 is 5.48. The molecule has 1 saturated heterocycles. The Morgan fingerprint density at radius 3 is 2.95 bits per heavy atom. The van der Waals surface area contributed by atoms with Gasteiger partial charge in [0.05, 0.1) is 7.11 Å². The van der Waals surface area contributed by atoms with Crippen LogP contribution in [0.15, 0.2) is 24.3 Å². The van der Waals surface area contributed by atoms with Crippen LogP contribution < -0.4 is 10.1 Å². The summed E-state index contributed by atoms with van der Waals surface area (Å²) in [5.74, 6) is 2.34. The Kier molecular flexibility index (Phi) is 6.05. The van der Waals surface area contributed by atoms with Crippen molar-refractivity contribution in [1.29, 1.82) is 0 Å². The van der Waals surface area contributed by atoms with Crippen molar-refractivity contribution >= 4 is 11.8 Å². The van der Waals surface area contributed by atoms with E-state index in [1.165, 1.54) is 30.6 Å². The van der Waals surface area contributed by atoms with Crippen LogP contribution in [-0.2, 0) is 6.42 Å². The standard InChI is InChI=1S/C16H25NOS/c1-3-10-17-14(16-9-6-11-19-16)12-13-7-4-5-8-15(13)18-2/h4-5,7-8,14,16-17H,3,6,9-12H2,1-2H3. The first-order valence-electron chi connectivity index (χ1n) is 7.32. The predicted octanol–water partition coefficient (Wildman–Crippen LogP) is 3.50. The maximum absolute atomic E-state index is 5.48. The van der Waals surface area contributed by atoms with Crippen LogP contribution in [0.1, 0.15) is 31.7 Å². The van der Waals surface area contributed by atoms with Gasteiger partial charge in [-0.15, -0.1) is 0 Å². The minimum absolute atomic E-state index is 0.573. The van der Waals surface area contributed by atoms with E-state index in [2.05, 4.69) is 42.2 Å². The van der Waals surface area contributed by atoms with E-state index in [0.29, 0.717) is 6.04 Å². The molecule has 1 aromatic rings. The summed E-state index contributed by atoms with van der Waals surface area (Å²) in [5.41, 5.74) is 1.33. The highest BCUT2D eigenvalue weighted by molar-refractivity contribution is 8.00. The number of benzene rings is 1. The molecular formula is C16H25NOS. The summed E-state index contributed by atoms with van der Waals surface area (Å²) in [6.45, 7) is 3.34. The molecule has 0 aliphatic carbocycles. The molecule has 2 unspecified atom stereocenters. The molecule has 2 nitrogen and oxygen atoms in total. The lowest BCUT2D eigenvalue weighted by Gasteiger charge is -2.25. The van der Waals surface area contributed by atoms with E-state index in [4.69, 9.17) is 4.74 Å². The van der Waals surface area contributed by atoms with Crippen LogP contribution in [0.4, 0.5) is 0 Å². The van der Waals surface area contributed by atoms with Gasteiger partial charge in [-0.1, -0.05) is 25.1 Å². The first-order valence-corrected chi connectivity index (χ1v) is 8.37. The van der Waals surface area contributed by atoms with Gasteiger partial charge in [0, 0.05) is 11.3 Å². The smallest absolute Gasteiger partial charge is 0.122 e. The number of ether oxygens (including phenoxy) is 1. The zero-order valence-corrected chi connectivity index (χ0v) is 12.8. The summed E-state index contributed by atoms with van der Waals surface area (Å²) in [7, 11) is 1.76. The molecule has 1 heterocycles. The number of hydrogen-bond acceptors (Lipinski definition) is 3. The normalized spacial score (nSPS) is 20.4. The van der Waals surface area contributed by atoms with Gasteiger partial charge >= 0.3 is 0 Å². The summed E-state index contributed by atoms with van der Waals surface area (Å²) >= 11 is 2.13. The van der Waals surface area contributed by atoms with Gasteiger partial charge in [0.1, 0.15) is 5.75 Å². The molecule has 1 N–H and O–H groups in total. The number of rotatable bonds is 7. The maximum Gasteiger partial charge on any atom is 0.122 e. The molecular weight excluding hydrogens is 254 g/mol. The molecule has 2 rings (SSSR count). The number of para-hydroxylation sites is 1. The van der Waals surface area contributed by atoms with Crippen molar-refractivity contribution < 1.29 is 4.74 Å². The van der Waals surface area contributed by atoms with Crippen molar-refractivity contribution in [2.24, 2.45) is 0 Å². The van der Waals surface area contributed by atoms with Crippen LogP contribution in [0, 0.1) is 0 Å². The lowest BCUT2D eigenvalue weighted by molar-refractivity contribution is 0.403. The van der Waals surface area contributed by atoms with Crippen molar-refractivity contribution in [3.05, 3.63) is 29.8 Å². The van der Waals surface area contributed by atoms with Gasteiger partial charge in [-0.3, -0.25) is 0 Å². The fraction of sp³-hybridized carbons (Fsp3) is 0.625. The predicted molar refractivity (Wildman–Crippen MR) is 84.3 cm³/mol. The lowest BCUT2D eigenvalue weighted by atomic mass is 10.00. The maximum atomic E-state index is 5.48. The van der Waals surface area contributed by atoms with Gasteiger partial charge in [-0.25, -0.2) is 0 Å². The largest absolute Gasteiger partial charge is 0.496 e. The van der Waals surface area contributed by atoms with Gasteiger partial charge in [0.25, 0.3) is 0 Å². The highest BCUT2D eigenvalue weighted by Crippen LogP contribution is 2.31. The fourth-order valence-electron chi connectivity index (χ4n) is 2.69. The average molecular weight is 279 g/mol. The van der Waals surface area contributed by atoms with Crippen LogP contribution in [0.3, 0.4) is 0 Å². The molecule has 0 aromatic heterocycles. The Labute approximate surface area is 121 Å². The zero-order valence-electron chi connectivity index (χ0n) is 12.0. The van der Waals surface area contributed by atoms with Gasteiger partial charge < -0.3 is 10.1 Å². The minimum Gasteiger partial charge on any atom is -0.496 e. The molecule has 1 fully saturated rings. The summed E-state index contributed by atoms with van der Waals surface area (Å²) in [6, 6.07) is 8.98. The molecule has 0 saturated carbocycles. The zero-order chi connectivity index (χ0) is 13.5. The van der Waals surface area contributed by atoms with E-state index >= 15 is 0 Å². The second kappa shape index (κ2) is 7.81. The Morgan fingerprint density at radius 2 is 2.26 bits per heavy atom. The summed E-state index contributed by atoms with van der Waals surface area (Å²) in [6.07, 6.45) is 4.98. The minimum atomic E-state index is 0.573. The highest BCUT2D eigenvalue weighted by Gasteiger charge is 2.25. The monoisotopic (exact) mass is 279 g/mol. The Balaban J connectivity index is 2.05. The van der Waals surface area contributed by atoms with Crippen LogP contribution in [0.5, 0.6) is 5.75 Å². The highest BCUT2D eigenvalue weighted by atomic mass is 32.2. The van der Waals surface area contributed by atoms with Crippen molar-refractivity contribution in [3.8, 4) is 5.75 Å². The summed E-state index contributed by atoms with van der Waals surface area (Å²) in [5, 5.41) is 4.50. The van der Waals surface area contributed by atoms with Crippen LogP contribution in [0.25, 0.3) is 0 Å². The first kappa shape index (κ1) is 14.7. The second-order valence-electron chi connectivity index (χ2n) is 5.13. The molecule has 19 heavy (non-hydrogen) atoms. The molecule has 1 aliphatic rings. The first-order chi connectivity index (χ1) is 9.35. The van der Waals surface area contributed by atoms with Crippen LogP contribution >= 0.6 is 11.8 Å². The van der Waals surface area contributed by atoms with Gasteiger partial charge in [0.2, 0.25) is 0 Å². The SMILES string of the molecule is CCCNC(Cc1ccccc1OC)C1CCCS1.